The number of nitrogens with zero attached hydrogens (tertiary/aromatic N) is 2. The number of benzene rings is 3. The van der Waals surface area contributed by atoms with Gasteiger partial charge in [-0.05, 0) is 46.5 Å². The Morgan fingerprint density at radius 1 is 1.05 bits per heavy atom. The van der Waals surface area contributed by atoms with E-state index in [0.29, 0.717) is 48.0 Å². The van der Waals surface area contributed by atoms with Gasteiger partial charge in [-0.15, -0.1) is 0 Å². The van der Waals surface area contributed by atoms with Gasteiger partial charge in [0.25, 0.3) is 5.91 Å². The van der Waals surface area contributed by atoms with Crippen LogP contribution in [-0.2, 0) is 31.0 Å². The van der Waals surface area contributed by atoms with Crippen LogP contribution < -0.4 is 15.5 Å². The number of hydrogen-bond acceptors (Lipinski definition) is 6. The molecule has 2 aliphatic heterocycles. The Morgan fingerprint density at radius 3 is 2.60 bits per heavy atom. The molecular weight excluding hydrogens is 530 g/mol. The number of ether oxygens (including phenoxy) is 2. The molecule has 9 heteroatoms. The van der Waals surface area contributed by atoms with Gasteiger partial charge in [-0.25, -0.2) is 0 Å². The molecule has 1 fully saturated rings. The zero-order valence-corrected chi connectivity index (χ0v) is 22.7. The highest BCUT2D eigenvalue weighted by atomic mass is 35.5. The molecule has 0 aliphatic carbocycles. The highest BCUT2D eigenvalue weighted by Gasteiger charge is 2.28. The molecule has 40 heavy (non-hydrogen) atoms. The molecule has 6 rings (SSSR count). The number of rotatable bonds is 7. The second-order valence-electron chi connectivity index (χ2n) is 10.2. The van der Waals surface area contributed by atoms with Crippen molar-refractivity contribution in [1.29, 1.82) is 0 Å². The molecular formula is C31H30ClN3O5. The first-order valence-electron chi connectivity index (χ1n) is 13.4. The Balaban J connectivity index is 1.40. The van der Waals surface area contributed by atoms with Gasteiger partial charge in [0.2, 0.25) is 5.43 Å². The highest BCUT2D eigenvalue weighted by Crippen LogP contribution is 2.37. The lowest BCUT2D eigenvalue weighted by Crippen LogP contribution is -2.36. The van der Waals surface area contributed by atoms with Crippen molar-refractivity contribution in [2.75, 3.05) is 26.3 Å². The maximum atomic E-state index is 13.8. The maximum absolute atomic E-state index is 13.8. The summed E-state index contributed by atoms with van der Waals surface area (Å²) in [5, 5.41) is 13.9. The number of aliphatic hydroxyl groups is 1. The van der Waals surface area contributed by atoms with Crippen molar-refractivity contribution in [3.63, 3.8) is 0 Å². The number of morpholine rings is 1. The van der Waals surface area contributed by atoms with Gasteiger partial charge in [-0.3, -0.25) is 14.5 Å². The molecule has 3 heterocycles. The SMILES string of the molecule is O=C(NCc1ccc(Cl)cc1)c1cn2c3c(cc(CN4CCOCC4)cc3c1=O)OC(c1ccccc1CO)C2. The number of carbonyl (C=O) groups is 1. The van der Waals surface area contributed by atoms with Crippen LogP contribution in [0.25, 0.3) is 10.9 Å². The van der Waals surface area contributed by atoms with E-state index in [1.165, 1.54) is 0 Å². The van der Waals surface area contributed by atoms with Crippen LogP contribution in [0.5, 0.6) is 5.75 Å². The summed E-state index contributed by atoms with van der Waals surface area (Å²) in [6.07, 6.45) is 1.23. The molecule has 206 valence electrons. The van der Waals surface area contributed by atoms with Gasteiger partial charge in [0.05, 0.1) is 37.3 Å². The monoisotopic (exact) mass is 559 g/mol. The number of nitrogens with one attached hydrogen (secondary N) is 1. The zero-order valence-electron chi connectivity index (χ0n) is 21.9. The number of aromatic nitrogens is 1. The summed E-state index contributed by atoms with van der Waals surface area (Å²) in [6, 6.07) is 18.7. The first kappa shape index (κ1) is 26.5. The van der Waals surface area contributed by atoms with Gasteiger partial charge in [0.1, 0.15) is 17.4 Å². The van der Waals surface area contributed by atoms with Gasteiger partial charge in [0.15, 0.2) is 0 Å². The molecule has 0 radical (unpaired) electrons. The van der Waals surface area contributed by atoms with E-state index < -0.39 is 12.0 Å². The summed E-state index contributed by atoms with van der Waals surface area (Å²) in [6.45, 7) is 4.13. The minimum absolute atomic E-state index is 0.0760. The highest BCUT2D eigenvalue weighted by molar-refractivity contribution is 6.30. The quantitative estimate of drug-likeness (QED) is 0.355. The molecule has 3 aromatic carbocycles. The Morgan fingerprint density at radius 2 is 1.82 bits per heavy atom. The third kappa shape index (κ3) is 5.36. The molecule has 1 atom stereocenters. The van der Waals surface area contributed by atoms with Crippen molar-refractivity contribution < 1.29 is 19.4 Å². The molecule has 1 saturated heterocycles. The van der Waals surface area contributed by atoms with Crippen molar-refractivity contribution in [3.8, 4) is 5.75 Å². The summed E-state index contributed by atoms with van der Waals surface area (Å²) >= 11 is 5.98. The Labute approximate surface area is 236 Å². The molecule has 0 spiro atoms. The van der Waals surface area contributed by atoms with Gasteiger partial charge in [-0.2, -0.15) is 0 Å². The van der Waals surface area contributed by atoms with Crippen LogP contribution >= 0.6 is 11.6 Å². The molecule has 4 aromatic rings. The van der Waals surface area contributed by atoms with Crippen LogP contribution in [0.4, 0.5) is 0 Å². The second kappa shape index (κ2) is 11.4. The van der Waals surface area contributed by atoms with Crippen LogP contribution in [-0.4, -0.2) is 46.8 Å². The number of pyridine rings is 1. The van der Waals surface area contributed by atoms with Crippen LogP contribution in [0.2, 0.25) is 5.02 Å². The van der Waals surface area contributed by atoms with Crippen LogP contribution in [0, 0.1) is 0 Å². The lowest BCUT2D eigenvalue weighted by molar-refractivity contribution is 0.0341. The number of amides is 1. The molecule has 2 N–H and O–H groups in total. The van der Waals surface area contributed by atoms with E-state index in [2.05, 4.69) is 10.2 Å². The minimum Gasteiger partial charge on any atom is -0.482 e. The van der Waals surface area contributed by atoms with Crippen molar-refractivity contribution in [2.45, 2.75) is 32.3 Å². The van der Waals surface area contributed by atoms with E-state index in [0.717, 1.165) is 35.3 Å². The van der Waals surface area contributed by atoms with Gasteiger partial charge < -0.3 is 24.5 Å². The Hall–Kier alpha value is -3.69. The average Bonchev–Trinajstić information content (AvgIpc) is 2.98. The fraction of sp³-hybridized carbons (Fsp3) is 0.290. The van der Waals surface area contributed by atoms with E-state index >= 15 is 0 Å². The predicted octanol–water partition coefficient (Wildman–Crippen LogP) is 4.04. The fourth-order valence-corrected chi connectivity index (χ4v) is 5.59. The largest absolute Gasteiger partial charge is 0.482 e. The lowest BCUT2D eigenvalue weighted by atomic mass is 9.99. The van der Waals surface area contributed by atoms with Gasteiger partial charge in [-0.1, -0.05) is 48.0 Å². The molecule has 2 aliphatic rings. The van der Waals surface area contributed by atoms with Crippen molar-refractivity contribution in [3.05, 3.63) is 110 Å². The molecule has 0 bridgehead atoms. The van der Waals surface area contributed by atoms with Crippen LogP contribution in [0.3, 0.4) is 0 Å². The molecule has 8 nitrogen and oxygen atoms in total. The van der Waals surface area contributed by atoms with Gasteiger partial charge in [0, 0.05) is 37.4 Å². The third-order valence-electron chi connectivity index (χ3n) is 7.52. The maximum Gasteiger partial charge on any atom is 0.257 e. The van der Waals surface area contributed by atoms with Crippen LogP contribution in [0.15, 0.2) is 71.7 Å². The van der Waals surface area contributed by atoms with E-state index in [9.17, 15) is 14.7 Å². The minimum atomic E-state index is -0.440. The molecule has 0 saturated carbocycles. The molecule has 1 amide bonds. The van der Waals surface area contributed by atoms with Gasteiger partial charge >= 0.3 is 0 Å². The number of halogens is 1. The summed E-state index contributed by atoms with van der Waals surface area (Å²) in [7, 11) is 0. The first-order valence-corrected chi connectivity index (χ1v) is 13.8. The molecule has 1 aromatic heterocycles. The standard InChI is InChI=1S/C31H30ClN3O5/c32-23-7-5-20(6-8-23)15-33-31(38)26-17-35-18-28(24-4-2-1-3-22(24)19-36)40-27-14-21(13-25(29(27)35)30(26)37)16-34-9-11-39-12-10-34/h1-8,13-14,17,28,36H,9-12,15-16,18-19H2,(H,33,38). The summed E-state index contributed by atoms with van der Waals surface area (Å²) in [5.74, 6) is 0.152. The third-order valence-corrected chi connectivity index (χ3v) is 7.77. The summed E-state index contributed by atoms with van der Waals surface area (Å²) < 4.78 is 13.9. The molecule has 1 unspecified atom stereocenters. The smallest absolute Gasteiger partial charge is 0.257 e. The zero-order chi connectivity index (χ0) is 27.6. The Bertz CT molecular complexity index is 1610. The topological polar surface area (TPSA) is 93.0 Å². The number of carbonyl (C=O) groups excluding carboxylic acids is 1. The first-order chi connectivity index (χ1) is 19.5. The van der Waals surface area contributed by atoms with E-state index in [-0.39, 0.29) is 24.1 Å². The predicted molar refractivity (Wildman–Crippen MR) is 153 cm³/mol. The second-order valence-corrected chi connectivity index (χ2v) is 10.6. The fourth-order valence-electron chi connectivity index (χ4n) is 5.47. The van der Waals surface area contributed by atoms with Crippen LogP contribution in [0.1, 0.15) is 38.7 Å². The van der Waals surface area contributed by atoms with E-state index in [4.69, 9.17) is 21.1 Å². The number of hydrogen-bond donors (Lipinski definition) is 2. The van der Waals surface area contributed by atoms with E-state index in [1.54, 1.807) is 18.3 Å². The van der Waals surface area contributed by atoms with Crippen molar-refractivity contribution in [2.24, 2.45) is 0 Å². The summed E-state index contributed by atoms with van der Waals surface area (Å²) in [4.78, 5) is 29.4. The average molecular weight is 560 g/mol. The lowest BCUT2D eigenvalue weighted by Gasteiger charge is -2.31. The number of aliphatic hydroxyl groups excluding tert-OH is 1. The van der Waals surface area contributed by atoms with Crippen molar-refractivity contribution >= 4 is 28.4 Å². The van der Waals surface area contributed by atoms with E-state index in [1.807, 2.05) is 53.1 Å². The Kier molecular flexibility index (Phi) is 7.58. The summed E-state index contributed by atoms with van der Waals surface area (Å²) in [5.41, 5.74) is 3.87. The van der Waals surface area contributed by atoms with Crippen molar-refractivity contribution in [1.82, 2.24) is 14.8 Å². The normalized spacial score (nSPS) is 17.0.